The molecule has 0 aromatic carbocycles. The van der Waals surface area contributed by atoms with Crippen molar-refractivity contribution >= 4 is 34.0 Å². The second kappa shape index (κ2) is 6.58. The molecule has 0 aromatic heterocycles. The van der Waals surface area contributed by atoms with Crippen molar-refractivity contribution in [1.29, 1.82) is 0 Å². The molecule has 64 valence electrons. The predicted molar refractivity (Wildman–Crippen MR) is 55.6 cm³/mol. The lowest BCUT2D eigenvalue weighted by molar-refractivity contribution is 0.376. The smallest absolute Gasteiger partial charge is 0.0164 e. The Kier molecular flexibility index (Phi) is 8.86. The number of rotatable bonds is 0. The standard InChI is InChI=1S/C6H14N2.2BrH/c1-5-3-8-6(2)4-7-5;;/h5-8H,3-4H2,1-2H3;2*1H/t5-,6-;;/m0../s1. The van der Waals surface area contributed by atoms with Crippen LogP contribution in [0, 0.1) is 0 Å². The summed E-state index contributed by atoms with van der Waals surface area (Å²) in [5.41, 5.74) is 0. The Labute approximate surface area is 83.7 Å². The van der Waals surface area contributed by atoms with Gasteiger partial charge in [0.2, 0.25) is 0 Å². The summed E-state index contributed by atoms with van der Waals surface area (Å²) in [6.07, 6.45) is 0. The van der Waals surface area contributed by atoms with Crippen molar-refractivity contribution in [2.24, 2.45) is 0 Å². The van der Waals surface area contributed by atoms with E-state index >= 15 is 0 Å². The van der Waals surface area contributed by atoms with Crippen LogP contribution in [0.2, 0.25) is 0 Å². The highest BCUT2D eigenvalue weighted by Gasteiger charge is 2.10. The summed E-state index contributed by atoms with van der Waals surface area (Å²) in [5, 5.41) is 6.74. The van der Waals surface area contributed by atoms with Crippen LogP contribution >= 0.6 is 34.0 Å². The molecule has 0 aromatic rings. The average Bonchev–Trinajstić information content (AvgIpc) is 1.77. The van der Waals surface area contributed by atoms with Gasteiger partial charge in [-0.15, -0.1) is 34.0 Å². The van der Waals surface area contributed by atoms with Gasteiger partial charge in [0.25, 0.3) is 0 Å². The zero-order chi connectivity index (χ0) is 5.98. The van der Waals surface area contributed by atoms with Crippen molar-refractivity contribution in [1.82, 2.24) is 10.6 Å². The van der Waals surface area contributed by atoms with Gasteiger partial charge in [-0.05, 0) is 13.8 Å². The van der Waals surface area contributed by atoms with E-state index in [0.717, 1.165) is 13.1 Å². The molecule has 0 unspecified atom stereocenters. The lowest BCUT2D eigenvalue weighted by Crippen LogP contribution is -2.51. The molecule has 0 spiro atoms. The molecule has 1 aliphatic rings. The lowest BCUT2D eigenvalue weighted by Gasteiger charge is -2.26. The molecule has 0 saturated carbocycles. The SMILES string of the molecule is Br.Br.C[C@H]1CN[C@@H](C)CN1. The molecule has 0 bridgehead atoms. The fourth-order valence-corrected chi connectivity index (χ4v) is 0.900. The third-order valence-corrected chi connectivity index (χ3v) is 1.54. The van der Waals surface area contributed by atoms with Crippen molar-refractivity contribution in [3.63, 3.8) is 0 Å². The molecule has 1 saturated heterocycles. The summed E-state index contributed by atoms with van der Waals surface area (Å²) < 4.78 is 0. The number of hydrogen-bond acceptors (Lipinski definition) is 2. The van der Waals surface area contributed by atoms with Crippen molar-refractivity contribution in [3.05, 3.63) is 0 Å². The van der Waals surface area contributed by atoms with E-state index in [1.807, 2.05) is 0 Å². The molecule has 0 amide bonds. The van der Waals surface area contributed by atoms with Gasteiger partial charge in [0.05, 0.1) is 0 Å². The molecule has 10 heavy (non-hydrogen) atoms. The maximum absolute atomic E-state index is 3.37. The Balaban J connectivity index is 0. The van der Waals surface area contributed by atoms with Crippen molar-refractivity contribution in [2.75, 3.05) is 13.1 Å². The molecule has 2 atom stereocenters. The van der Waals surface area contributed by atoms with Crippen LogP contribution in [0.5, 0.6) is 0 Å². The summed E-state index contributed by atoms with van der Waals surface area (Å²) in [6, 6.07) is 1.32. The summed E-state index contributed by atoms with van der Waals surface area (Å²) in [5.74, 6) is 0. The van der Waals surface area contributed by atoms with Crippen molar-refractivity contribution in [3.8, 4) is 0 Å². The van der Waals surface area contributed by atoms with Crippen LogP contribution in [0.1, 0.15) is 13.8 Å². The van der Waals surface area contributed by atoms with E-state index < -0.39 is 0 Å². The van der Waals surface area contributed by atoms with E-state index in [2.05, 4.69) is 24.5 Å². The van der Waals surface area contributed by atoms with Crippen LogP contribution in [0.4, 0.5) is 0 Å². The molecule has 2 N–H and O–H groups in total. The van der Waals surface area contributed by atoms with Crippen LogP contribution in [0.3, 0.4) is 0 Å². The van der Waals surface area contributed by atoms with Crippen LogP contribution < -0.4 is 10.6 Å². The summed E-state index contributed by atoms with van der Waals surface area (Å²) in [4.78, 5) is 0. The zero-order valence-electron chi connectivity index (χ0n) is 6.39. The van der Waals surface area contributed by atoms with Gasteiger partial charge < -0.3 is 10.6 Å². The molecular formula is C6H16Br2N2. The Bertz CT molecular complexity index is 62.1. The average molecular weight is 276 g/mol. The van der Waals surface area contributed by atoms with Crippen LogP contribution in [-0.4, -0.2) is 25.2 Å². The quantitative estimate of drug-likeness (QED) is 0.692. The second-order valence-electron chi connectivity index (χ2n) is 2.62. The molecule has 2 nitrogen and oxygen atoms in total. The molecule has 0 aliphatic carbocycles. The van der Waals surface area contributed by atoms with E-state index in [9.17, 15) is 0 Å². The number of piperazine rings is 1. The fraction of sp³-hybridized carbons (Fsp3) is 1.00. The first-order valence-corrected chi connectivity index (χ1v) is 3.26. The highest BCUT2D eigenvalue weighted by atomic mass is 79.9. The first-order chi connectivity index (χ1) is 3.79. The minimum absolute atomic E-state index is 0. The van der Waals surface area contributed by atoms with Crippen LogP contribution in [-0.2, 0) is 0 Å². The normalized spacial score (nSPS) is 31.8. The minimum Gasteiger partial charge on any atom is -0.311 e. The van der Waals surface area contributed by atoms with Gasteiger partial charge in [0.1, 0.15) is 0 Å². The molecular weight excluding hydrogens is 260 g/mol. The number of hydrogen-bond donors (Lipinski definition) is 2. The van der Waals surface area contributed by atoms with Gasteiger partial charge in [-0.1, -0.05) is 0 Å². The van der Waals surface area contributed by atoms with Gasteiger partial charge in [-0.2, -0.15) is 0 Å². The topological polar surface area (TPSA) is 24.1 Å². The molecule has 1 rings (SSSR count). The first kappa shape index (κ1) is 13.5. The van der Waals surface area contributed by atoms with Crippen molar-refractivity contribution < 1.29 is 0 Å². The fourth-order valence-electron chi connectivity index (χ4n) is 0.900. The Morgan fingerprint density at radius 3 is 1.40 bits per heavy atom. The summed E-state index contributed by atoms with van der Waals surface area (Å²) in [6.45, 7) is 6.61. The largest absolute Gasteiger partial charge is 0.311 e. The molecule has 1 heterocycles. The van der Waals surface area contributed by atoms with Crippen molar-refractivity contribution in [2.45, 2.75) is 25.9 Å². The van der Waals surface area contributed by atoms with E-state index in [4.69, 9.17) is 0 Å². The van der Waals surface area contributed by atoms with Crippen LogP contribution in [0.15, 0.2) is 0 Å². The lowest BCUT2D eigenvalue weighted by atomic mass is 10.2. The Hall–Kier alpha value is 0.880. The third kappa shape index (κ3) is 4.66. The second-order valence-corrected chi connectivity index (χ2v) is 2.62. The minimum atomic E-state index is 0. The Morgan fingerprint density at radius 1 is 0.900 bits per heavy atom. The van der Waals surface area contributed by atoms with E-state index in [1.54, 1.807) is 0 Å². The molecule has 1 aliphatic heterocycles. The highest BCUT2D eigenvalue weighted by molar-refractivity contribution is 8.93. The van der Waals surface area contributed by atoms with Gasteiger partial charge in [-0.3, -0.25) is 0 Å². The van der Waals surface area contributed by atoms with E-state index in [-0.39, 0.29) is 34.0 Å². The van der Waals surface area contributed by atoms with Gasteiger partial charge in [0, 0.05) is 25.2 Å². The maximum Gasteiger partial charge on any atom is 0.0164 e. The third-order valence-electron chi connectivity index (χ3n) is 1.54. The van der Waals surface area contributed by atoms with E-state index in [0.29, 0.717) is 12.1 Å². The molecule has 4 heteroatoms. The molecule has 0 radical (unpaired) electrons. The summed E-state index contributed by atoms with van der Waals surface area (Å²) >= 11 is 0. The number of nitrogens with one attached hydrogen (secondary N) is 2. The van der Waals surface area contributed by atoms with Crippen LogP contribution in [0.25, 0.3) is 0 Å². The highest BCUT2D eigenvalue weighted by Crippen LogP contribution is 1.89. The first-order valence-electron chi connectivity index (χ1n) is 3.26. The van der Waals surface area contributed by atoms with Gasteiger partial charge in [0.15, 0.2) is 0 Å². The summed E-state index contributed by atoms with van der Waals surface area (Å²) in [7, 11) is 0. The Morgan fingerprint density at radius 2 is 1.20 bits per heavy atom. The zero-order valence-corrected chi connectivity index (χ0v) is 9.81. The predicted octanol–water partition coefficient (Wildman–Crippen LogP) is 1.11. The van der Waals surface area contributed by atoms with Gasteiger partial charge in [-0.25, -0.2) is 0 Å². The number of halogens is 2. The monoisotopic (exact) mass is 274 g/mol. The van der Waals surface area contributed by atoms with E-state index in [1.165, 1.54) is 0 Å². The molecule has 1 fully saturated rings. The van der Waals surface area contributed by atoms with Gasteiger partial charge >= 0.3 is 0 Å². The maximum atomic E-state index is 3.37.